The molecule has 1 aromatic carbocycles. The molecule has 0 bridgehead atoms. The Morgan fingerprint density at radius 1 is 1.09 bits per heavy atom. The topological polar surface area (TPSA) is 102 Å². The highest BCUT2D eigenvalue weighted by molar-refractivity contribution is 6.00. The number of imide groups is 1. The van der Waals surface area contributed by atoms with Crippen LogP contribution in [0.5, 0.6) is 0 Å². The van der Waals surface area contributed by atoms with Gasteiger partial charge in [0.05, 0.1) is 0 Å². The van der Waals surface area contributed by atoms with Gasteiger partial charge in [-0.1, -0.05) is 49.6 Å². The predicted molar refractivity (Wildman–Crippen MR) is 125 cm³/mol. The number of alkyl carbamates (subject to hydrolysis) is 1. The molecule has 0 unspecified atom stereocenters. The largest absolute Gasteiger partial charge is 0.461 e. The number of carbonyl (C=O) groups is 4. The quantitative estimate of drug-likeness (QED) is 0.599. The monoisotopic (exact) mass is 472 g/mol. The number of benzene rings is 1. The lowest BCUT2D eigenvalue weighted by Crippen LogP contribution is -2.50. The van der Waals surface area contributed by atoms with Gasteiger partial charge in [-0.05, 0) is 51.0 Å². The Bertz CT molecular complexity index is 886. The number of nitrogens with zero attached hydrogens (tertiary/aromatic N) is 1. The summed E-state index contributed by atoms with van der Waals surface area (Å²) in [6, 6.07) is 8.24. The first-order chi connectivity index (χ1) is 16.1. The Hall–Kier alpha value is -2.90. The van der Waals surface area contributed by atoms with Crippen molar-refractivity contribution in [2.75, 3.05) is 6.54 Å². The van der Waals surface area contributed by atoms with Crippen LogP contribution >= 0.6 is 0 Å². The van der Waals surface area contributed by atoms with Gasteiger partial charge in [0.15, 0.2) is 0 Å². The Morgan fingerprint density at radius 3 is 2.41 bits per heavy atom. The summed E-state index contributed by atoms with van der Waals surface area (Å²) in [4.78, 5) is 52.1. The molecule has 0 aromatic heterocycles. The van der Waals surface area contributed by atoms with Gasteiger partial charge in [-0.2, -0.15) is 0 Å². The smallest absolute Gasteiger partial charge is 0.408 e. The summed E-state index contributed by atoms with van der Waals surface area (Å²) < 4.78 is 10.6. The minimum atomic E-state index is -1.05. The normalized spacial score (nSPS) is 18.4. The molecule has 186 valence electrons. The number of esters is 1. The van der Waals surface area contributed by atoms with Gasteiger partial charge in [-0.3, -0.25) is 19.3 Å². The third kappa shape index (κ3) is 7.30. The molecular weight excluding hydrogens is 436 g/mol. The Labute approximate surface area is 201 Å². The number of rotatable bonds is 7. The van der Waals surface area contributed by atoms with E-state index in [9.17, 15) is 19.2 Å². The first-order valence-electron chi connectivity index (χ1n) is 12.1. The number of carbonyl (C=O) groups excluding carboxylic acids is 4. The van der Waals surface area contributed by atoms with Gasteiger partial charge in [0.25, 0.3) is 5.91 Å². The van der Waals surface area contributed by atoms with Crippen LogP contribution in [-0.4, -0.2) is 47.0 Å². The average molecular weight is 473 g/mol. The fourth-order valence-corrected chi connectivity index (χ4v) is 4.70. The van der Waals surface area contributed by atoms with Gasteiger partial charge in [0.1, 0.15) is 18.2 Å². The number of hydrogen-bond acceptors (Lipinski definition) is 6. The molecule has 1 spiro atoms. The van der Waals surface area contributed by atoms with Crippen molar-refractivity contribution in [1.29, 1.82) is 0 Å². The number of hydrogen-bond donors (Lipinski definition) is 1. The Morgan fingerprint density at radius 2 is 1.76 bits per heavy atom. The van der Waals surface area contributed by atoms with Crippen molar-refractivity contribution in [3.05, 3.63) is 35.9 Å². The zero-order valence-corrected chi connectivity index (χ0v) is 20.4. The molecule has 1 aliphatic carbocycles. The maximum absolute atomic E-state index is 13.4. The lowest BCUT2D eigenvalue weighted by atomic mass is 9.73. The van der Waals surface area contributed by atoms with Gasteiger partial charge < -0.3 is 14.8 Å². The lowest BCUT2D eigenvalue weighted by Gasteiger charge is -2.32. The zero-order chi connectivity index (χ0) is 24.8. The van der Waals surface area contributed by atoms with E-state index >= 15 is 0 Å². The molecule has 34 heavy (non-hydrogen) atoms. The zero-order valence-electron chi connectivity index (χ0n) is 20.4. The third-order valence-corrected chi connectivity index (χ3v) is 6.37. The first-order valence-corrected chi connectivity index (χ1v) is 12.1. The van der Waals surface area contributed by atoms with Crippen molar-refractivity contribution in [1.82, 2.24) is 10.2 Å². The second-order valence-corrected chi connectivity index (χ2v) is 10.4. The number of ether oxygens (including phenoxy) is 2. The van der Waals surface area contributed by atoms with E-state index in [0.29, 0.717) is 13.0 Å². The summed E-state index contributed by atoms with van der Waals surface area (Å²) in [6.45, 7) is 5.67. The summed E-state index contributed by atoms with van der Waals surface area (Å²) in [7, 11) is 0. The summed E-state index contributed by atoms with van der Waals surface area (Å²) >= 11 is 0. The Kier molecular flexibility index (Phi) is 8.33. The standard InChI is InChI=1S/C26H36N2O6/c1-25(2,3)34-24(32)27-20(12-13-22(30)33-17-19-10-6-4-7-11-19)23(31)28-18-26(16-21(28)29)14-8-5-9-15-26/h4,6-7,10-11,20H,5,8-9,12-18H2,1-3H3,(H,27,32)/t20-/m0/s1. The fraction of sp³-hybridized carbons (Fsp3) is 0.615. The van der Waals surface area contributed by atoms with E-state index in [4.69, 9.17) is 9.47 Å². The molecule has 2 fully saturated rings. The maximum atomic E-state index is 13.4. The van der Waals surface area contributed by atoms with Crippen molar-refractivity contribution in [2.45, 2.75) is 90.4 Å². The highest BCUT2D eigenvalue weighted by Crippen LogP contribution is 2.44. The van der Waals surface area contributed by atoms with E-state index in [-0.39, 0.29) is 30.8 Å². The van der Waals surface area contributed by atoms with Crippen LogP contribution in [0, 0.1) is 5.41 Å². The molecule has 8 nitrogen and oxygen atoms in total. The summed E-state index contributed by atoms with van der Waals surface area (Å²) in [5.41, 5.74) is -0.0475. The van der Waals surface area contributed by atoms with Gasteiger partial charge in [-0.25, -0.2) is 4.79 Å². The molecule has 1 atom stereocenters. The van der Waals surface area contributed by atoms with Crippen molar-refractivity contribution < 1.29 is 28.7 Å². The van der Waals surface area contributed by atoms with Crippen molar-refractivity contribution in [2.24, 2.45) is 5.41 Å². The molecule has 1 heterocycles. The molecule has 1 aromatic rings. The summed E-state index contributed by atoms with van der Waals surface area (Å²) in [5, 5.41) is 2.58. The van der Waals surface area contributed by atoms with E-state index in [1.54, 1.807) is 20.8 Å². The van der Waals surface area contributed by atoms with Gasteiger partial charge in [0.2, 0.25) is 5.91 Å². The van der Waals surface area contributed by atoms with Crippen LogP contribution in [0.25, 0.3) is 0 Å². The molecular formula is C26H36N2O6. The van der Waals surface area contributed by atoms with E-state index < -0.39 is 29.6 Å². The van der Waals surface area contributed by atoms with Crippen molar-refractivity contribution >= 4 is 23.9 Å². The second-order valence-electron chi connectivity index (χ2n) is 10.4. The molecule has 8 heteroatoms. The minimum absolute atomic E-state index is 0.0163. The summed E-state index contributed by atoms with van der Waals surface area (Å²) in [6.07, 6.45) is 4.66. The molecule has 3 amide bonds. The number of likely N-dealkylation sites (tertiary alicyclic amines) is 1. The van der Waals surface area contributed by atoms with E-state index in [1.807, 2.05) is 30.3 Å². The highest BCUT2D eigenvalue weighted by Gasteiger charge is 2.47. The minimum Gasteiger partial charge on any atom is -0.461 e. The number of amides is 3. The first kappa shape index (κ1) is 25.7. The molecule has 2 aliphatic rings. The van der Waals surface area contributed by atoms with Gasteiger partial charge in [-0.15, -0.1) is 0 Å². The van der Waals surface area contributed by atoms with Crippen molar-refractivity contribution in [3.8, 4) is 0 Å². The van der Waals surface area contributed by atoms with Crippen LogP contribution in [-0.2, 0) is 30.5 Å². The van der Waals surface area contributed by atoms with Crippen LogP contribution in [0.1, 0.15) is 77.7 Å². The summed E-state index contributed by atoms with van der Waals surface area (Å²) in [5.74, 6) is -1.19. The van der Waals surface area contributed by atoms with Crippen LogP contribution in [0.15, 0.2) is 30.3 Å². The molecule has 1 saturated carbocycles. The van der Waals surface area contributed by atoms with E-state index in [2.05, 4.69) is 5.32 Å². The Balaban J connectivity index is 1.63. The van der Waals surface area contributed by atoms with E-state index in [0.717, 1.165) is 37.7 Å². The van der Waals surface area contributed by atoms with Crippen LogP contribution in [0.4, 0.5) is 4.79 Å². The van der Waals surface area contributed by atoms with Crippen LogP contribution in [0.2, 0.25) is 0 Å². The van der Waals surface area contributed by atoms with Gasteiger partial charge in [0, 0.05) is 19.4 Å². The predicted octanol–water partition coefficient (Wildman–Crippen LogP) is 4.11. The maximum Gasteiger partial charge on any atom is 0.408 e. The average Bonchev–Trinajstić information content (AvgIpc) is 3.09. The van der Waals surface area contributed by atoms with E-state index in [1.165, 1.54) is 4.90 Å². The fourth-order valence-electron chi connectivity index (χ4n) is 4.70. The van der Waals surface area contributed by atoms with Crippen LogP contribution < -0.4 is 5.32 Å². The highest BCUT2D eigenvalue weighted by atomic mass is 16.6. The SMILES string of the molecule is CC(C)(C)OC(=O)N[C@@H](CCC(=O)OCc1ccccc1)C(=O)N1CC2(CCCCC2)CC1=O. The molecule has 1 N–H and O–H groups in total. The molecule has 1 aliphatic heterocycles. The lowest BCUT2D eigenvalue weighted by molar-refractivity contribution is -0.145. The van der Waals surface area contributed by atoms with Crippen LogP contribution in [0.3, 0.4) is 0 Å². The third-order valence-electron chi connectivity index (χ3n) is 6.37. The van der Waals surface area contributed by atoms with Gasteiger partial charge >= 0.3 is 12.1 Å². The molecule has 0 radical (unpaired) electrons. The second kappa shape index (κ2) is 11.0. The molecule has 1 saturated heterocycles. The number of nitrogens with one attached hydrogen (secondary N) is 1. The molecule has 3 rings (SSSR count). The van der Waals surface area contributed by atoms with Crippen molar-refractivity contribution in [3.63, 3.8) is 0 Å².